The molecule has 1 amide bonds. The topological polar surface area (TPSA) is 111 Å². The van der Waals surface area contributed by atoms with Gasteiger partial charge in [0.1, 0.15) is 0 Å². The summed E-state index contributed by atoms with van der Waals surface area (Å²) < 4.78 is 65.5. The molecule has 0 radical (unpaired) electrons. The van der Waals surface area contributed by atoms with Gasteiger partial charge in [0.2, 0.25) is 5.88 Å². The van der Waals surface area contributed by atoms with E-state index in [-0.39, 0.29) is 22.8 Å². The van der Waals surface area contributed by atoms with Crippen LogP contribution in [0, 0.1) is 0 Å². The van der Waals surface area contributed by atoms with Crippen LogP contribution in [0.15, 0.2) is 41.4 Å². The van der Waals surface area contributed by atoms with Gasteiger partial charge in [-0.25, -0.2) is 13.4 Å². The molecule has 7 nitrogen and oxygen atoms in total. The van der Waals surface area contributed by atoms with E-state index in [2.05, 4.69) is 10.3 Å². The zero-order valence-electron chi connectivity index (χ0n) is 12.7. The van der Waals surface area contributed by atoms with Crippen molar-refractivity contribution < 1.29 is 31.1 Å². The van der Waals surface area contributed by atoms with Crippen LogP contribution in [0.4, 0.5) is 24.5 Å². The summed E-state index contributed by atoms with van der Waals surface area (Å²) in [6, 6.07) is 5.03. The molecular formula is C14H12F3N3O4S. The third kappa shape index (κ3) is 3.82. The molecule has 0 saturated carbocycles. The summed E-state index contributed by atoms with van der Waals surface area (Å²) >= 11 is 0. The van der Waals surface area contributed by atoms with Crippen LogP contribution in [-0.2, 0) is 9.84 Å². The fourth-order valence-corrected chi connectivity index (χ4v) is 2.64. The molecule has 2 aromatic rings. The number of anilines is 2. The Hall–Kier alpha value is -2.82. The van der Waals surface area contributed by atoms with Crippen molar-refractivity contribution in [2.45, 2.75) is 10.4 Å². The zero-order valence-corrected chi connectivity index (χ0v) is 13.5. The predicted molar refractivity (Wildman–Crippen MR) is 82.8 cm³/mol. The molecule has 134 valence electrons. The lowest BCUT2D eigenvalue weighted by molar-refractivity contribution is -0.0436. The molecule has 1 aromatic heterocycles. The predicted octanol–water partition coefficient (Wildman–Crippen LogP) is 2.22. The van der Waals surface area contributed by atoms with E-state index >= 15 is 0 Å². The zero-order chi connectivity index (χ0) is 18.8. The number of carbonyl (C=O) groups excluding carboxylic acids is 1. The highest BCUT2D eigenvalue weighted by Gasteiger charge is 2.46. The van der Waals surface area contributed by atoms with Crippen LogP contribution >= 0.6 is 0 Å². The second kappa shape index (κ2) is 6.59. The smallest absolute Gasteiger partial charge is 0.481 e. The number of pyridine rings is 1. The Bertz CT molecular complexity index is 914. The third-order valence-corrected chi connectivity index (χ3v) is 4.55. The fourth-order valence-electron chi connectivity index (χ4n) is 1.83. The van der Waals surface area contributed by atoms with Crippen molar-refractivity contribution in [2.24, 2.45) is 0 Å². The third-order valence-electron chi connectivity index (χ3n) is 3.07. The minimum Gasteiger partial charge on any atom is -0.481 e. The van der Waals surface area contributed by atoms with Gasteiger partial charge in [0.05, 0.1) is 29.5 Å². The van der Waals surface area contributed by atoms with E-state index in [4.69, 9.17) is 10.5 Å². The molecule has 0 unspecified atom stereocenters. The maximum atomic E-state index is 12.6. The number of amides is 1. The standard InChI is InChI=1S/C14H12F3N3O4S/c1-24-12-6-10(11(18)7-19-12)13(21)20-8-3-2-4-9(5-8)25(22,23)14(15,16)17/h2-7H,18H2,1H3,(H,20,21). The maximum Gasteiger partial charge on any atom is 0.501 e. The molecule has 0 aliphatic heterocycles. The minimum atomic E-state index is -5.52. The Morgan fingerprint density at radius 2 is 1.96 bits per heavy atom. The number of aromatic nitrogens is 1. The summed E-state index contributed by atoms with van der Waals surface area (Å²) in [4.78, 5) is 15.0. The van der Waals surface area contributed by atoms with Crippen molar-refractivity contribution in [3.8, 4) is 5.88 Å². The summed E-state index contributed by atoms with van der Waals surface area (Å²) in [6.45, 7) is 0. The number of nitrogens with zero attached hydrogens (tertiary/aromatic N) is 1. The number of nitrogens with two attached hydrogens (primary N) is 1. The average molecular weight is 375 g/mol. The SMILES string of the molecule is COc1cc(C(=O)Nc2cccc(S(=O)(=O)C(F)(F)F)c2)c(N)cn1. The number of alkyl halides is 3. The molecule has 0 spiro atoms. The molecule has 0 atom stereocenters. The number of ether oxygens (including phenoxy) is 1. The van der Waals surface area contributed by atoms with Crippen LogP contribution in [0.1, 0.15) is 10.4 Å². The molecule has 1 aromatic carbocycles. The van der Waals surface area contributed by atoms with E-state index in [1.807, 2.05) is 0 Å². The maximum absolute atomic E-state index is 12.6. The van der Waals surface area contributed by atoms with Crippen molar-refractivity contribution in [2.75, 3.05) is 18.2 Å². The molecule has 3 N–H and O–H groups in total. The number of hydrogen-bond acceptors (Lipinski definition) is 6. The largest absolute Gasteiger partial charge is 0.501 e. The van der Waals surface area contributed by atoms with Gasteiger partial charge in [-0.3, -0.25) is 4.79 Å². The van der Waals surface area contributed by atoms with Crippen molar-refractivity contribution in [1.82, 2.24) is 4.98 Å². The van der Waals surface area contributed by atoms with Gasteiger partial charge in [0.25, 0.3) is 15.7 Å². The number of hydrogen-bond donors (Lipinski definition) is 2. The molecule has 2 rings (SSSR count). The van der Waals surface area contributed by atoms with Crippen LogP contribution in [-0.4, -0.2) is 31.9 Å². The van der Waals surface area contributed by atoms with E-state index in [0.717, 1.165) is 12.1 Å². The first-order valence-corrected chi connectivity index (χ1v) is 8.07. The Labute approximate surface area is 140 Å². The van der Waals surface area contributed by atoms with Crippen molar-refractivity contribution in [3.63, 3.8) is 0 Å². The molecule has 0 bridgehead atoms. The van der Waals surface area contributed by atoms with E-state index in [1.54, 1.807) is 0 Å². The molecule has 0 aliphatic carbocycles. The number of halogens is 3. The van der Waals surface area contributed by atoms with Gasteiger partial charge in [0.15, 0.2) is 0 Å². The van der Waals surface area contributed by atoms with Crippen molar-refractivity contribution >= 4 is 27.1 Å². The van der Waals surface area contributed by atoms with E-state index in [0.29, 0.717) is 6.07 Å². The number of sulfone groups is 1. The van der Waals surface area contributed by atoms with Crippen molar-refractivity contribution in [3.05, 3.63) is 42.1 Å². The molecule has 11 heteroatoms. The molecule has 0 fully saturated rings. The second-order valence-electron chi connectivity index (χ2n) is 4.75. The van der Waals surface area contributed by atoms with Gasteiger partial charge in [0, 0.05) is 11.8 Å². The Morgan fingerprint density at radius 3 is 2.56 bits per heavy atom. The van der Waals surface area contributed by atoms with Gasteiger partial charge < -0.3 is 15.8 Å². The number of benzene rings is 1. The van der Waals surface area contributed by atoms with Crippen LogP contribution in [0.5, 0.6) is 5.88 Å². The Kier molecular flexibility index (Phi) is 4.88. The van der Waals surface area contributed by atoms with E-state index in [9.17, 15) is 26.4 Å². The van der Waals surface area contributed by atoms with Gasteiger partial charge in [-0.1, -0.05) is 6.07 Å². The lowest BCUT2D eigenvalue weighted by Crippen LogP contribution is -2.23. The van der Waals surface area contributed by atoms with Gasteiger partial charge >= 0.3 is 5.51 Å². The lowest BCUT2D eigenvalue weighted by atomic mass is 10.2. The fraction of sp³-hybridized carbons (Fsp3) is 0.143. The highest BCUT2D eigenvalue weighted by molar-refractivity contribution is 7.92. The molecule has 0 saturated heterocycles. The average Bonchev–Trinajstić information content (AvgIpc) is 2.54. The normalized spacial score (nSPS) is 11.8. The molecule has 0 aliphatic rings. The lowest BCUT2D eigenvalue weighted by Gasteiger charge is -2.11. The monoisotopic (exact) mass is 375 g/mol. The summed E-state index contributed by atoms with van der Waals surface area (Å²) in [5.74, 6) is -0.660. The van der Waals surface area contributed by atoms with Crippen LogP contribution in [0.25, 0.3) is 0 Å². The number of rotatable bonds is 4. The first-order chi connectivity index (χ1) is 11.6. The van der Waals surface area contributed by atoms with E-state index in [1.165, 1.54) is 25.4 Å². The summed E-state index contributed by atoms with van der Waals surface area (Å²) in [7, 11) is -4.20. The molecular weight excluding hydrogens is 363 g/mol. The minimum absolute atomic E-state index is 0.0115. The first kappa shape index (κ1) is 18.5. The first-order valence-electron chi connectivity index (χ1n) is 6.58. The Balaban J connectivity index is 2.33. The second-order valence-corrected chi connectivity index (χ2v) is 6.69. The number of nitrogens with one attached hydrogen (secondary N) is 1. The van der Waals surface area contributed by atoms with Crippen molar-refractivity contribution in [1.29, 1.82) is 0 Å². The highest BCUT2D eigenvalue weighted by Crippen LogP contribution is 2.31. The molecule has 25 heavy (non-hydrogen) atoms. The van der Waals surface area contributed by atoms with Gasteiger partial charge in [-0.2, -0.15) is 13.2 Å². The van der Waals surface area contributed by atoms with Crippen LogP contribution in [0.3, 0.4) is 0 Å². The Morgan fingerprint density at radius 1 is 1.28 bits per heavy atom. The number of methoxy groups -OCH3 is 1. The summed E-state index contributed by atoms with van der Waals surface area (Å²) in [6.07, 6.45) is 1.18. The molecule has 1 heterocycles. The summed E-state index contributed by atoms with van der Waals surface area (Å²) in [5, 5.41) is 2.28. The van der Waals surface area contributed by atoms with E-state index < -0.39 is 26.1 Å². The van der Waals surface area contributed by atoms with Gasteiger partial charge in [-0.05, 0) is 18.2 Å². The highest BCUT2D eigenvalue weighted by atomic mass is 32.2. The van der Waals surface area contributed by atoms with Gasteiger partial charge in [-0.15, -0.1) is 0 Å². The number of carbonyl (C=O) groups is 1. The summed E-state index contributed by atoms with van der Waals surface area (Å²) in [5.41, 5.74) is 0.0177. The quantitative estimate of drug-likeness (QED) is 0.848. The number of nitrogen functional groups attached to an aromatic ring is 1. The van der Waals surface area contributed by atoms with Crippen LogP contribution < -0.4 is 15.8 Å². The van der Waals surface area contributed by atoms with Crippen LogP contribution in [0.2, 0.25) is 0 Å².